The van der Waals surface area contributed by atoms with E-state index in [0.717, 1.165) is 18.6 Å². The maximum Gasteiger partial charge on any atom is 0.253 e. The zero-order chi connectivity index (χ0) is 13.4. The van der Waals surface area contributed by atoms with E-state index < -0.39 is 0 Å². The van der Waals surface area contributed by atoms with E-state index in [2.05, 4.69) is 5.32 Å². The molecule has 1 saturated heterocycles. The molecule has 0 radical (unpaired) electrons. The van der Waals surface area contributed by atoms with E-state index in [-0.39, 0.29) is 18.1 Å². The number of carbonyl (C=O) groups is 1. The minimum Gasteiger partial charge on any atom is -0.398 e. The van der Waals surface area contributed by atoms with Crippen molar-refractivity contribution in [2.75, 3.05) is 12.3 Å². The van der Waals surface area contributed by atoms with Gasteiger partial charge in [0, 0.05) is 12.3 Å². The number of ether oxygens (including phenoxy) is 1. The van der Waals surface area contributed by atoms with E-state index in [1.165, 1.54) is 12.8 Å². The zero-order valence-electron chi connectivity index (χ0n) is 11.2. The second-order valence-corrected chi connectivity index (χ2v) is 5.58. The van der Waals surface area contributed by atoms with Crippen molar-refractivity contribution < 1.29 is 9.53 Å². The smallest absolute Gasteiger partial charge is 0.253 e. The second-order valence-electron chi connectivity index (χ2n) is 5.58. The number of para-hydroxylation sites is 1. The van der Waals surface area contributed by atoms with E-state index in [9.17, 15) is 4.79 Å². The van der Waals surface area contributed by atoms with Crippen LogP contribution in [0.1, 0.15) is 35.2 Å². The van der Waals surface area contributed by atoms with Crippen LogP contribution in [0.3, 0.4) is 0 Å². The van der Waals surface area contributed by atoms with Crippen molar-refractivity contribution in [1.29, 1.82) is 0 Å². The van der Waals surface area contributed by atoms with Crippen molar-refractivity contribution in [2.45, 2.75) is 38.3 Å². The number of nitrogen functional groups attached to an aromatic ring is 1. The summed E-state index contributed by atoms with van der Waals surface area (Å²) in [4.78, 5) is 12.3. The van der Waals surface area contributed by atoms with Gasteiger partial charge in [-0.15, -0.1) is 0 Å². The molecule has 4 heteroatoms. The summed E-state index contributed by atoms with van der Waals surface area (Å²) in [5.41, 5.74) is 8.05. The van der Waals surface area contributed by atoms with Gasteiger partial charge in [-0.05, 0) is 43.7 Å². The predicted molar refractivity (Wildman–Crippen MR) is 73.9 cm³/mol. The third-order valence-electron chi connectivity index (χ3n) is 4.11. The first-order chi connectivity index (χ1) is 9.16. The molecular weight excluding hydrogens is 240 g/mol. The highest BCUT2D eigenvalue weighted by molar-refractivity contribution is 5.99. The summed E-state index contributed by atoms with van der Waals surface area (Å²) in [5, 5.41) is 3.09. The molecule has 0 bridgehead atoms. The van der Waals surface area contributed by atoms with Crippen LogP contribution in [-0.2, 0) is 4.74 Å². The number of nitrogens with two attached hydrogens (primary N) is 1. The number of hydrogen-bond acceptors (Lipinski definition) is 3. The van der Waals surface area contributed by atoms with E-state index >= 15 is 0 Å². The fourth-order valence-corrected chi connectivity index (χ4v) is 2.78. The van der Waals surface area contributed by atoms with Crippen molar-refractivity contribution in [1.82, 2.24) is 5.32 Å². The lowest BCUT2D eigenvalue weighted by Gasteiger charge is -2.20. The summed E-state index contributed by atoms with van der Waals surface area (Å²) in [6.07, 6.45) is 3.56. The van der Waals surface area contributed by atoms with Gasteiger partial charge in [-0.25, -0.2) is 0 Å². The molecule has 2 unspecified atom stereocenters. The minimum atomic E-state index is -0.0812. The Morgan fingerprint density at radius 3 is 2.89 bits per heavy atom. The number of hydrogen-bond donors (Lipinski definition) is 2. The molecule has 3 rings (SSSR count). The molecule has 1 saturated carbocycles. The van der Waals surface area contributed by atoms with Gasteiger partial charge in [0.25, 0.3) is 5.91 Å². The maximum atomic E-state index is 12.3. The third-order valence-corrected chi connectivity index (χ3v) is 4.11. The minimum absolute atomic E-state index is 0.0812. The van der Waals surface area contributed by atoms with Crippen LogP contribution in [0.4, 0.5) is 5.69 Å². The Bertz CT molecular complexity index is 497. The Labute approximate surface area is 113 Å². The molecule has 1 aromatic carbocycles. The quantitative estimate of drug-likeness (QED) is 0.815. The highest BCUT2D eigenvalue weighted by atomic mass is 16.5. The van der Waals surface area contributed by atoms with Gasteiger partial charge in [0.15, 0.2) is 0 Å². The number of aryl methyl sites for hydroxylation is 1. The summed E-state index contributed by atoms with van der Waals surface area (Å²) in [7, 11) is 0. The van der Waals surface area contributed by atoms with Gasteiger partial charge in [-0.3, -0.25) is 4.79 Å². The van der Waals surface area contributed by atoms with Crippen molar-refractivity contribution in [3.63, 3.8) is 0 Å². The second kappa shape index (κ2) is 4.85. The Morgan fingerprint density at radius 2 is 2.16 bits per heavy atom. The van der Waals surface area contributed by atoms with Crippen molar-refractivity contribution in [3.05, 3.63) is 29.3 Å². The fraction of sp³-hybridized carbons (Fsp3) is 0.533. The van der Waals surface area contributed by atoms with Crippen LogP contribution in [0.15, 0.2) is 18.2 Å². The van der Waals surface area contributed by atoms with Crippen LogP contribution in [0.2, 0.25) is 0 Å². The topological polar surface area (TPSA) is 64.3 Å². The SMILES string of the molecule is Cc1cccc(C(=O)NC2CCOC2C2CC2)c1N. The van der Waals surface area contributed by atoms with Crippen LogP contribution in [0.25, 0.3) is 0 Å². The Hall–Kier alpha value is -1.55. The molecule has 1 aliphatic carbocycles. The summed E-state index contributed by atoms with van der Waals surface area (Å²) >= 11 is 0. The lowest BCUT2D eigenvalue weighted by molar-refractivity contribution is 0.0730. The number of amides is 1. The van der Waals surface area contributed by atoms with Crippen molar-refractivity contribution in [2.24, 2.45) is 5.92 Å². The molecule has 1 aromatic rings. The number of carbonyl (C=O) groups excluding carboxylic acids is 1. The Kier molecular flexibility index (Phi) is 3.19. The molecule has 4 nitrogen and oxygen atoms in total. The Morgan fingerprint density at radius 1 is 1.37 bits per heavy atom. The van der Waals surface area contributed by atoms with E-state index in [1.54, 1.807) is 6.07 Å². The molecule has 1 amide bonds. The van der Waals surface area contributed by atoms with Gasteiger partial charge in [0.1, 0.15) is 0 Å². The number of nitrogens with one attached hydrogen (secondary N) is 1. The van der Waals surface area contributed by atoms with Crippen LogP contribution >= 0.6 is 0 Å². The molecule has 1 aliphatic heterocycles. The summed E-state index contributed by atoms with van der Waals surface area (Å²) in [6, 6.07) is 5.70. The first kappa shape index (κ1) is 12.5. The molecule has 3 N–H and O–H groups in total. The first-order valence-electron chi connectivity index (χ1n) is 6.94. The standard InChI is InChI=1S/C15H20N2O2/c1-9-3-2-4-11(13(9)16)15(18)17-12-7-8-19-14(12)10-5-6-10/h2-4,10,12,14H,5-8,16H2,1H3,(H,17,18). The third kappa shape index (κ3) is 2.45. The van der Waals surface area contributed by atoms with Gasteiger partial charge < -0.3 is 15.8 Å². The van der Waals surface area contributed by atoms with Crippen LogP contribution < -0.4 is 11.1 Å². The average molecular weight is 260 g/mol. The molecule has 0 spiro atoms. The molecule has 102 valence electrons. The number of benzene rings is 1. The average Bonchev–Trinajstić information content (AvgIpc) is 3.13. The summed E-state index contributed by atoms with van der Waals surface area (Å²) < 4.78 is 5.73. The first-order valence-corrected chi connectivity index (χ1v) is 6.94. The zero-order valence-corrected chi connectivity index (χ0v) is 11.2. The molecule has 19 heavy (non-hydrogen) atoms. The molecule has 2 aliphatic rings. The lowest BCUT2D eigenvalue weighted by Crippen LogP contribution is -2.41. The van der Waals surface area contributed by atoms with Crippen molar-refractivity contribution in [3.8, 4) is 0 Å². The number of anilines is 1. The monoisotopic (exact) mass is 260 g/mol. The molecule has 0 aromatic heterocycles. The van der Waals surface area contributed by atoms with Crippen LogP contribution in [-0.4, -0.2) is 24.7 Å². The van der Waals surface area contributed by atoms with Gasteiger partial charge in [-0.1, -0.05) is 12.1 Å². The molecular formula is C15H20N2O2. The fourth-order valence-electron chi connectivity index (χ4n) is 2.78. The van der Waals surface area contributed by atoms with Gasteiger partial charge >= 0.3 is 0 Å². The van der Waals surface area contributed by atoms with Crippen LogP contribution in [0, 0.1) is 12.8 Å². The van der Waals surface area contributed by atoms with E-state index in [4.69, 9.17) is 10.5 Å². The van der Waals surface area contributed by atoms with Crippen LogP contribution in [0.5, 0.6) is 0 Å². The number of rotatable bonds is 3. The molecule has 1 heterocycles. The lowest BCUT2D eigenvalue weighted by atomic mass is 10.0. The van der Waals surface area contributed by atoms with E-state index in [0.29, 0.717) is 17.2 Å². The van der Waals surface area contributed by atoms with Gasteiger partial charge in [0.05, 0.1) is 17.7 Å². The largest absolute Gasteiger partial charge is 0.398 e. The van der Waals surface area contributed by atoms with Gasteiger partial charge in [0.2, 0.25) is 0 Å². The normalized spacial score (nSPS) is 26.4. The maximum absolute atomic E-state index is 12.3. The summed E-state index contributed by atoms with van der Waals surface area (Å²) in [6.45, 7) is 2.66. The molecule has 2 atom stereocenters. The Balaban J connectivity index is 1.72. The molecule has 2 fully saturated rings. The highest BCUT2D eigenvalue weighted by Gasteiger charge is 2.41. The van der Waals surface area contributed by atoms with E-state index in [1.807, 2.05) is 19.1 Å². The predicted octanol–water partition coefficient (Wildman–Crippen LogP) is 1.87. The highest BCUT2D eigenvalue weighted by Crippen LogP contribution is 2.38. The van der Waals surface area contributed by atoms with Gasteiger partial charge in [-0.2, -0.15) is 0 Å². The van der Waals surface area contributed by atoms with Crippen molar-refractivity contribution >= 4 is 11.6 Å². The summed E-state index contributed by atoms with van der Waals surface area (Å²) in [5.74, 6) is 0.560.